The van der Waals surface area contributed by atoms with Crippen LogP contribution in [0.3, 0.4) is 0 Å². The van der Waals surface area contributed by atoms with E-state index in [1.807, 2.05) is 0 Å². The van der Waals surface area contributed by atoms with Gasteiger partial charge in [0.25, 0.3) is 0 Å². The number of nitrogens with zero attached hydrogens (tertiary/aromatic N) is 3. The molecule has 2 fully saturated rings. The van der Waals surface area contributed by atoms with Gasteiger partial charge < -0.3 is 9.63 Å². The Morgan fingerprint density at radius 3 is 2.57 bits per heavy atom. The maximum absolute atomic E-state index is 10.9. The van der Waals surface area contributed by atoms with Crippen molar-refractivity contribution in [2.24, 2.45) is 5.92 Å². The summed E-state index contributed by atoms with van der Waals surface area (Å²) in [7, 11) is 0. The van der Waals surface area contributed by atoms with E-state index in [2.05, 4.69) is 28.9 Å². The number of aliphatic carboxylic acids is 1. The first-order valence-electron chi connectivity index (χ1n) is 7.83. The third-order valence-corrected chi connectivity index (χ3v) is 4.76. The fourth-order valence-corrected chi connectivity index (χ4v) is 3.78. The van der Waals surface area contributed by atoms with Gasteiger partial charge in [-0.15, -0.1) is 0 Å². The number of hydrogen-bond acceptors (Lipinski definition) is 5. The summed E-state index contributed by atoms with van der Waals surface area (Å²) in [4.78, 5) is 17.8. The first-order chi connectivity index (χ1) is 10.0. The molecule has 2 saturated heterocycles. The minimum atomic E-state index is -0.675. The molecular formula is C15H23N3O3. The first-order valence-corrected chi connectivity index (χ1v) is 7.83. The second kappa shape index (κ2) is 5.75. The molecule has 6 heteroatoms. The third-order valence-electron chi connectivity index (χ3n) is 4.76. The predicted octanol–water partition coefficient (Wildman–Crippen LogP) is 2.41. The van der Waals surface area contributed by atoms with Crippen LogP contribution in [0.25, 0.3) is 0 Å². The van der Waals surface area contributed by atoms with Gasteiger partial charge in [0.2, 0.25) is 5.89 Å². The SMILES string of the molecule is CC(C)c1noc(CN2C3CCC2CC(CC(=O)O)C3)n1. The summed E-state index contributed by atoms with van der Waals surface area (Å²) in [5, 5.41) is 13.0. The normalized spacial score (nSPS) is 29.2. The minimum Gasteiger partial charge on any atom is -0.481 e. The van der Waals surface area contributed by atoms with Crippen LogP contribution in [0.15, 0.2) is 4.52 Å². The van der Waals surface area contributed by atoms with Crippen molar-refractivity contribution in [1.29, 1.82) is 0 Å². The Bertz CT molecular complexity index is 500. The zero-order valence-corrected chi connectivity index (χ0v) is 12.7. The van der Waals surface area contributed by atoms with Crippen molar-refractivity contribution in [3.63, 3.8) is 0 Å². The average molecular weight is 293 g/mol. The predicted molar refractivity (Wildman–Crippen MR) is 75.7 cm³/mol. The molecule has 2 bridgehead atoms. The van der Waals surface area contributed by atoms with Crippen LogP contribution < -0.4 is 0 Å². The van der Waals surface area contributed by atoms with Crippen molar-refractivity contribution in [3.05, 3.63) is 11.7 Å². The number of carbonyl (C=O) groups is 1. The Kier molecular flexibility index (Phi) is 3.97. The van der Waals surface area contributed by atoms with E-state index in [0.717, 1.165) is 31.5 Å². The molecule has 0 amide bonds. The Hall–Kier alpha value is -1.43. The standard InChI is InChI=1S/C15H23N3O3/c1-9(2)15-16-13(21-17-15)8-18-11-3-4-12(18)6-10(5-11)7-14(19)20/h9-12H,3-8H2,1-2H3,(H,19,20). The van der Waals surface area contributed by atoms with E-state index in [9.17, 15) is 4.79 Å². The number of rotatable bonds is 5. The lowest BCUT2D eigenvalue weighted by molar-refractivity contribution is -0.138. The van der Waals surface area contributed by atoms with Crippen molar-refractivity contribution in [2.75, 3.05) is 0 Å². The molecule has 6 nitrogen and oxygen atoms in total. The highest BCUT2D eigenvalue weighted by Crippen LogP contribution is 2.40. The lowest BCUT2D eigenvalue weighted by Crippen LogP contribution is -2.42. The van der Waals surface area contributed by atoms with Crippen LogP contribution in [0, 0.1) is 5.92 Å². The van der Waals surface area contributed by atoms with Crippen molar-refractivity contribution < 1.29 is 14.4 Å². The molecule has 0 radical (unpaired) electrons. The Balaban J connectivity index is 1.63. The average Bonchev–Trinajstić information content (AvgIpc) is 2.94. The van der Waals surface area contributed by atoms with Gasteiger partial charge in [-0.05, 0) is 31.6 Å². The highest BCUT2D eigenvalue weighted by atomic mass is 16.5. The molecule has 0 saturated carbocycles. The minimum absolute atomic E-state index is 0.278. The smallest absolute Gasteiger partial charge is 0.303 e. The van der Waals surface area contributed by atoms with E-state index in [1.54, 1.807) is 0 Å². The van der Waals surface area contributed by atoms with Crippen molar-refractivity contribution in [2.45, 2.75) is 70.5 Å². The van der Waals surface area contributed by atoms with E-state index >= 15 is 0 Å². The first kappa shape index (κ1) is 14.5. The fraction of sp³-hybridized carbons (Fsp3) is 0.800. The summed E-state index contributed by atoms with van der Waals surface area (Å²) in [6.07, 6.45) is 4.58. The number of carboxylic acids is 1. The molecule has 2 aliphatic rings. The molecule has 2 atom stereocenters. The largest absolute Gasteiger partial charge is 0.481 e. The van der Waals surface area contributed by atoms with E-state index in [1.165, 1.54) is 0 Å². The second-order valence-electron chi connectivity index (χ2n) is 6.69. The molecule has 1 aromatic heterocycles. The van der Waals surface area contributed by atoms with Crippen molar-refractivity contribution >= 4 is 5.97 Å². The summed E-state index contributed by atoms with van der Waals surface area (Å²) in [6.45, 7) is 4.81. The second-order valence-corrected chi connectivity index (χ2v) is 6.69. The summed E-state index contributed by atoms with van der Waals surface area (Å²) < 4.78 is 5.35. The van der Waals surface area contributed by atoms with Gasteiger partial charge in [-0.1, -0.05) is 19.0 Å². The summed E-state index contributed by atoms with van der Waals surface area (Å²) in [5.74, 6) is 1.38. The molecule has 0 spiro atoms. The van der Waals surface area contributed by atoms with Gasteiger partial charge in [0.05, 0.1) is 6.54 Å². The summed E-state index contributed by atoms with van der Waals surface area (Å²) in [6, 6.07) is 0.949. The van der Waals surface area contributed by atoms with Gasteiger partial charge in [0, 0.05) is 24.4 Å². The molecule has 3 rings (SSSR count). The molecule has 1 N–H and O–H groups in total. The molecule has 2 unspecified atom stereocenters. The van der Waals surface area contributed by atoms with E-state index in [0.29, 0.717) is 36.9 Å². The topological polar surface area (TPSA) is 79.5 Å². The summed E-state index contributed by atoms with van der Waals surface area (Å²) in [5.41, 5.74) is 0. The molecule has 116 valence electrons. The molecule has 0 aliphatic carbocycles. The van der Waals surface area contributed by atoms with Crippen LogP contribution in [0.5, 0.6) is 0 Å². The number of fused-ring (bicyclic) bond motifs is 2. The van der Waals surface area contributed by atoms with Gasteiger partial charge in [-0.3, -0.25) is 9.69 Å². The van der Waals surface area contributed by atoms with Gasteiger partial charge in [0.15, 0.2) is 5.82 Å². The van der Waals surface area contributed by atoms with Crippen LogP contribution in [-0.4, -0.2) is 38.2 Å². The van der Waals surface area contributed by atoms with Crippen molar-refractivity contribution in [1.82, 2.24) is 15.0 Å². The quantitative estimate of drug-likeness (QED) is 0.898. The lowest BCUT2D eigenvalue weighted by atomic mass is 9.88. The van der Waals surface area contributed by atoms with Gasteiger partial charge in [0.1, 0.15) is 0 Å². The molecule has 3 heterocycles. The molecular weight excluding hydrogens is 270 g/mol. The van der Waals surface area contributed by atoms with Gasteiger partial charge in [-0.25, -0.2) is 0 Å². The maximum Gasteiger partial charge on any atom is 0.303 e. The van der Waals surface area contributed by atoms with Crippen molar-refractivity contribution in [3.8, 4) is 0 Å². The highest BCUT2D eigenvalue weighted by molar-refractivity contribution is 5.67. The number of carboxylic acid groups (broad SMARTS) is 1. The fourth-order valence-electron chi connectivity index (χ4n) is 3.78. The number of hydrogen-bond donors (Lipinski definition) is 1. The third kappa shape index (κ3) is 3.10. The van der Waals surface area contributed by atoms with E-state index in [-0.39, 0.29) is 5.92 Å². The lowest BCUT2D eigenvalue weighted by Gasteiger charge is -2.37. The van der Waals surface area contributed by atoms with Crippen LogP contribution in [0.1, 0.15) is 63.6 Å². The van der Waals surface area contributed by atoms with Gasteiger partial charge in [-0.2, -0.15) is 4.98 Å². The Morgan fingerprint density at radius 2 is 2.05 bits per heavy atom. The number of aromatic nitrogens is 2. The number of piperidine rings is 1. The molecule has 2 aliphatic heterocycles. The highest BCUT2D eigenvalue weighted by Gasteiger charge is 2.41. The summed E-state index contributed by atoms with van der Waals surface area (Å²) >= 11 is 0. The van der Waals surface area contributed by atoms with Crippen LogP contribution in [0.4, 0.5) is 0 Å². The zero-order chi connectivity index (χ0) is 15.0. The Morgan fingerprint density at radius 1 is 1.38 bits per heavy atom. The Labute approximate surface area is 124 Å². The zero-order valence-electron chi connectivity index (χ0n) is 12.7. The van der Waals surface area contributed by atoms with E-state index in [4.69, 9.17) is 9.63 Å². The molecule has 21 heavy (non-hydrogen) atoms. The molecule has 0 aromatic carbocycles. The van der Waals surface area contributed by atoms with Crippen LogP contribution >= 0.6 is 0 Å². The van der Waals surface area contributed by atoms with Crippen LogP contribution in [-0.2, 0) is 11.3 Å². The maximum atomic E-state index is 10.9. The monoisotopic (exact) mass is 293 g/mol. The van der Waals surface area contributed by atoms with E-state index < -0.39 is 5.97 Å². The molecule has 1 aromatic rings. The van der Waals surface area contributed by atoms with Crippen LogP contribution in [0.2, 0.25) is 0 Å². The van der Waals surface area contributed by atoms with Gasteiger partial charge >= 0.3 is 5.97 Å².